The molecule has 2 aromatic carbocycles. The molecule has 0 aliphatic carbocycles. The van der Waals surface area contributed by atoms with Crippen LogP contribution in [0.4, 0.5) is 0 Å². The number of hydrogen-bond donors (Lipinski definition) is 1. The molecule has 156 valence electrons. The maximum atomic E-state index is 13.0. The van der Waals surface area contributed by atoms with Crippen LogP contribution in [0.15, 0.2) is 54.6 Å². The number of nitrogens with one attached hydrogen (secondary N) is 1. The number of carbonyl (C=O) groups excluding carboxylic acids is 2. The van der Waals surface area contributed by atoms with Crippen LogP contribution in [0.25, 0.3) is 0 Å². The van der Waals surface area contributed by atoms with E-state index in [1.54, 1.807) is 11.8 Å². The number of benzene rings is 2. The van der Waals surface area contributed by atoms with E-state index in [4.69, 9.17) is 11.6 Å². The Morgan fingerprint density at radius 2 is 1.83 bits per heavy atom. The van der Waals surface area contributed by atoms with Gasteiger partial charge in [0.1, 0.15) is 6.04 Å². The Bertz CT molecular complexity index is 785. The normalized spacial score (nSPS) is 11.7. The number of unbranched alkanes of at least 4 members (excludes halogenated alkanes) is 1. The average Bonchev–Trinajstić information content (AvgIpc) is 2.72. The van der Waals surface area contributed by atoms with Crippen molar-refractivity contribution < 1.29 is 9.59 Å². The van der Waals surface area contributed by atoms with E-state index in [1.165, 1.54) is 11.8 Å². The van der Waals surface area contributed by atoms with Gasteiger partial charge < -0.3 is 10.2 Å². The number of nitrogens with zero attached hydrogens (tertiary/aromatic N) is 1. The monoisotopic (exact) mass is 432 g/mol. The summed E-state index contributed by atoms with van der Waals surface area (Å²) >= 11 is 7.56. The van der Waals surface area contributed by atoms with Crippen LogP contribution in [-0.2, 0) is 21.9 Å². The fourth-order valence-corrected chi connectivity index (χ4v) is 3.94. The zero-order chi connectivity index (χ0) is 21.1. The molecule has 1 atom stereocenters. The van der Waals surface area contributed by atoms with E-state index < -0.39 is 6.04 Å². The predicted molar refractivity (Wildman–Crippen MR) is 122 cm³/mol. The minimum absolute atomic E-state index is 0.0426. The molecule has 0 saturated carbocycles. The van der Waals surface area contributed by atoms with Gasteiger partial charge in [0, 0.05) is 23.9 Å². The van der Waals surface area contributed by atoms with E-state index in [1.807, 2.05) is 54.6 Å². The van der Waals surface area contributed by atoms with Crippen LogP contribution in [-0.4, -0.2) is 35.1 Å². The highest BCUT2D eigenvalue weighted by Crippen LogP contribution is 2.18. The lowest BCUT2D eigenvalue weighted by atomic mass is 10.1. The SMILES string of the molecule is CCCCNC(=O)[C@@H](C)N(Cc1ccccc1)C(=O)CSCc1cccc(Cl)c1. The zero-order valence-corrected chi connectivity index (χ0v) is 18.6. The van der Waals surface area contributed by atoms with E-state index in [0.29, 0.717) is 29.6 Å². The van der Waals surface area contributed by atoms with Gasteiger partial charge in [-0.15, -0.1) is 11.8 Å². The first kappa shape index (κ1) is 23.3. The molecular weight excluding hydrogens is 404 g/mol. The Hall–Kier alpha value is -1.98. The molecule has 1 N–H and O–H groups in total. The highest BCUT2D eigenvalue weighted by Gasteiger charge is 2.25. The number of thioether (sulfide) groups is 1. The van der Waals surface area contributed by atoms with Gasteiger partial charge >= 0.3 is 0 Å². The van der Waals surface area contributed by atoms with Crippen LogP contribution in [0.3, 0.4) is 0 Å². The maximum Gasteiger partial charge on any atom is 0.242 e. The molecule has 2 rings (SSSR count). The summed E-state index contributed by atoms with van der Waals surface area (Å²) < 4.78 is 0. The highest BCUT2D eigenvalue weighted by molar-refractivity contribution is 7.99. The standard InChI is InChI=1S/C23H29ClN2O2S/c1-3-4-13-25-23(28)18(2)26(15-19-9-6-5-7-10-19)22(27)17-29-16-20-11-8-12-21(24)14-20/h5-12,14,18H,3-4,13,15-17H2,1-2H3,(H,25,28)/t18-/m1/s1. The van der Waals surface area contributed by atoms with Crippen LogP contribution in [0.1, 0.15) is 37.8 Å². The van der Waals surface area contributed by atoms with Crippen molar-refractivity contribution in [1.82, 2.24) is 10.2 Å². The number of rotatable bonds is 11. The second-order valence-corrected chi connectivity index (χ2v) is 8.37. The molecule has 0 aromatic heterocycles. The summed E-state index contributed by atoms with van der Waals surface area (Å²) in [6.45, 7) is 4.93. The van der Waals surface area contributed by atoms with Crippen molar-refractivity contribution in [2.24, 2.45) is 0 Å². The fourth-order valence-electron chi connectivity index (χ4n) is 2.86. The number of amides is 2. The molecular formula is C23H29ClN2O2S. The second kappa shape index (κ2) is 12.6. The van der Waals surface area contributed by atoms with Crippen LogP contribution in [0.5, 0.6) is 0 Å². The molecule has 0 fully saturated rings. The summed E-state index contributed by atoms with van der Waals surface area (Å²) in [7, 11) is 0. The molecule has 2 aromatic rings. The Balaban J connectivity index is 2.00. The Morgan fingerprint density at radius 3 is 2.52 bits per heavy atom. The van der Waals surface area contributed by atoms with Crippen LogP contribution < -0.4 is 5.32 Å². The topological polar surface area (TPSA) is 49.4 Å². The van der Waals surface area contributed by atoms with Gasteiger partial charge in [-0.25, -0.2) is 0 Å². The van der Waals surface area contributed by atoms with E-state index in [9.17, 15) is 9.59 Å². The first-order chi connectivity index (χ1) is 14.0. The third-order valence-electron chi connectivity index (χ3n) is 4.58. The van der Waals surface area contributed by atoms with E-state index in [2.05, 4.69) is 12.2 Å². The van der Waals surface area contributed by atoms with Crippen LogP contribution in [0.2, 0.25) is 5.02 Å². The molecule has 4 nitrogen and oxygen atoms in total. The summed E-state index contributed by atoms with van der Waals surface area (Å²) in [6.07, 6.45) is 1.95. The third kappa shape index (κ3) is 8.11. The summed E-state index contributed by atoms with van der Waals surface area (Å²) in [5, 5.41) is 3.63. The van der Waals surface area contributed by atoms with Crippen molar-refractivity contribution >= 4 is 35.2 Å². The molecule has 0 aliphatic rings. The minimum Gasteiger partial charge on any atom is -0.354 e. The molecule has 0 radical (unpaired) electrons. The first-order valence-corrected chi connectivity index (χ1v) is 11.5. The maximum absolute atomic E-state index is 13.0. The van der Waals surface area contributed by atoms with Gasteiger partial charge in [0.2, 0.25) is 11.8 Å². The molecule has 0 unspecified atom stereocenters. The number of hydrogen-bond acceptors (Lipinski definition) is 3. The second-order valence-electron chi connectivity index (χ2n) is 6.95. The van der Waals surface area contributed by atoms with Gasteiger partial charge in [-0.2, -0.15) is 0 Å². The van der Waals surface area contributed by atoms with E-state index in [0.717, 1.165) is 24.0 Å². The lowest BCUT2D eigenvalue weighted by Gasteiger charge is -2.28. The van der Waals surface area contributed by atoms with Crippen molar-refractivity contribution in [2.45, 2.75) is 45.0 Å². The van der Waals surface area contributed by atoms with Crippen molar-refractivity contribution in [3.8, 4) is 0 Å². The molecule has 0 aliphatic heterocycles. The minimum atomic E-state index is -0.522. The quantitative estimate of drug-likeness (QED) is 0.513. The lowest BCUT2D eigenvalue weighted by molar-refractivity contribution is -0.138. The number of halogens is 1. The summed E-state index contributed by atoms with van der Waals surface area (Å²) in [5.41, 5.74) is 2.09. The zero-order valence-electron chi connectivity index (χ0n) is 17.1. The van der Waals surface area contributed by atoms with Gasteiger partial charge in [-0.05, 0) is 36.6 Å². The molecule has 0 spiro atoms. The van der Waals surface area contributed by atoms with E-state index in [-0.39, 0.29) is 11.8 Å². The van der Waals surface area contributed by atoms with Gasteiger partial charge in [-0.3, -0.25) is 9.59 Å². The lowest BCUT2D eigenvalue weighted by Crippen LogP contribution is -2.48. The van der Waals surface area contributed by atoms with Crippen molar-refractivity contribution in [3.05, 3.63) is 70.7 Å². The molecule has 0 bridgehead atoms. The molecule has 0 heterocycles. The molecule has 6 heteroatoms. The Kier molecular flexibility index (Phi) is 10.1. The van der Waals surface area contributed by atoms with Gasteiger partial charge in [0.05, 0.1) is 5.75 Å². The van der Waals surface area contributed by atoms with Crippen LogP contribution >= 0.6 is 23.4 Å². The van der Waals surface area contributed by atoms with Crippen molar-refractivity contribution in [2.75, 3.05) is 12.3 Å². The van der Waals surface area contributed by atoms with Crippen molar-refractivity contribution in [1.29, 1.82) is 0 Å². The van der Waals surface area contributed by atoms with E-state index >= 15 is 0 Å². The van der Waals surface area contributed by atoms with Gasteiger partial charge in [-0.1, -0.05) is 67.4 Å². The molecule has 0 saturated heterocycles. The summed E-state index contributed by atoms with van der Waals surface area (Å²) in [4.78, 5) is 27.2. The smallest absolute Gasteiger partial charge is 0.242 e. The highest BCUT2D eigenvalue weighted by atomic mass is 35.5. The summed E-state index contributed by atoms with van der Waals surface area (Å²) in [6, 6.07) is 16.9. The third-order valence-corrected chi connectivity index (χ3v) is 5.80. The Labute approximate surface area is 183 Å². The summed E-state index contributed by atoms with van der Waals surface area (Å²) in [5.74, 6) is 0.857. The predicted octanol–water partition coefficient (Wildman–Crippen LogP) is 4.91. The van der Waals surface area contributed by atoms with Crippen LogP contribution in [0, 0.1) is 0 Å². The number of carbonyl (C=O) groups is 2. The largest absolute Gasteiger partial charge is 0.354 e. The van der Waals surface area contributed by atoms with Crippen molar-refractivity contribution in [3.63, 3.8) is 0 Å². The first-order valence-electron chi connectivity index (χ1n) is 9.94. The fraction of sp³-hybridized carbons (Fsp3) is 0.391. The molecule has 2 amide bonds. The van der Waals surface area contributed by atoms with Gasteiger partial charge in [0.25, 0.3) is 0 Å². The van der Waals surface area contributed by atoms with Gasteiger partial charge in [0.15, 0.2) is 0 Å². The Morgan fingerprint density at radius 1 is 1.10 bits per heavy atom. The molecule has 29 heavy (non-hydrogen) atoms. The average molecular weight is 433 g/mol.